The van der Waals surface area contributed by atoms with Gasteiger partial charge in [-0.25, -0.2) is 0 Å². The molecule has 3 fully saturated rings. The fourth-order valence-corrected chi connectivity index (χ4v) is 9.09. The zero-order valence-electron chi connectivity index (χ0n) is 11.7. The SMILES string of the molecule is O=c1[nH]c2c(s1)C1(CCCCC1)[C@@H]1[C@@H]3CC[C@@H](C3)[C@@H]1S2. The van der Waals surface area contributed by atoms with Crippen LogP contribution in [-0.4, -0.2) is 10.2 Å². The first-order valence-corrected chi connectivity index (χ1v) is 9.88. The summed E-state index contributed by atoms with van der Waals surface area (Å²) in [6.07, 6.45) is 11.2. The molecule has 4 heteroatoms. The largest absolute Gasteiger partial charge is 0.307 e. The van der Waals surface area contributed by atoms with Crippen LogP contribution in [0.4, 0.5) is 0 Å². The topological polar surface area (TPSA) is 32.9 Å². The summed E-state index contributed by atoms with van der Waals surface area (Å²) in [5.74, 6) is 2.77. The molecule has 0 saturated heterocycles. The van der Waals surface area contributed by atoms with Crippen LogP contribution in [-0.2, 0) is 5.41 Å². The van der Waals surface area contributed by atoms with Gasteiger partial charge in [0.2, 0.25) is 0 Å². The van der Waals surface area contributed by atoms with Crippen molar-refractivity contribution in [1.29, 1.82) is 0 Å². The molecule has 1 N–H and O–H groups in total. The van der Waals surface area contributed by atoms with Crippen molar-refractivity contribution in [2.24, 2.45) is 17.8 Å². The number of aromatic amines is 1. The Morgan fingerprint density at radius 3 is 2.75 bits per heavy atom. The van der Waals surface area contributed by atoms with Crippen molar-refractivity contribution in [2.45, 2.75) is 67.1 Å². The third-order valence-corrected chi connectivity index (χ3v) is 9.27. The van der Waals surface area contributed by atoms with E-state index in [0.717, 1.165) is 23.0 Å². The predicted octanol–water partition coefficient (Wildman–Crippen LogP) is 4.16. The Balaban J connectivity index is 1.70. The maximum atomic E-state index is 11.9. The van der Waals surface area contributed by atoms with E-state index < -0.39 is 0 Å². The van der Waals surface area contributed by atoms with E-state index in [0.29, 0.717) is 5.41 Å². The van der Waals surface area contributed by atoms with Gasteiger partial charge in [-0.05, 0) is 49.9 Å². The van der Waals surface area contributed by atoms with E-state index in [1.54, 1.807) is 0 Å². The van der Waals surface area contributed by atoms with Gasteiger partial charge in [0.15, 0.2) is 0 Å². The molecule has 20 heavy (non-hydrogen) atoms. The van der Waals surface area contributed by atoms with Gasteiger partial charge >= 0.3 is 4.87 Å². The van der Waals surface area contributed by atoms with Gasteiger partial charge in [0, 0.05) is 15.5 Å². The summed E-state index contributed by atoms with van der Waals surface area (Å²) in [4.78, 5) is 16.7. The molecule has 3 aliphatic carbocycles. The average molecular weight is 307 g/mol. The Labute approximate surface area is 127 Å². The van der Waals surface area contributed by atoms with E-state index in [-0.39, 0.29) is 4.87 Å². The molecule has 2 heterocycles. The minimum absolute atomic E-state index is 0.180. The van der Waals surface area contributed by atoms with Gasteiger partial charge in [-0.2, -0.15) is 0 Å². The first-order valence-electron chi connectivity index (χ1n) is 8.18. The molecule has 4 atom stereocenters. The zero-order chi connectivity index (χ0) is 13.3. The van der Waals surface area contributed by atoms with Gasteiger partial charge in [-0.1, -0.05) is 30.6 Å². The Morgan fingerprint density at radius 2 is 1.90 bits per heavy atom. The second kappa shape index (κ2) is 4.16. The Kier molecular flexibility index (Phi) is 2.57. The number of H-pyrrole nitrogens is 1. The molecule has 1 aromatic rings. The minimum Gasteiger partial charge on any atom is -0.307 e. The molecule has 0 aromatic carbocycles. The molecular formula is C16H21NOS2. The number of thioether (sulfide) groups is 1. The summed E-state index contributed by atoms with van der Waals surface area (Å²) in [7, 11) is 0. The maximum Gasteiger partial charge on any atom is 0.305 e. The fourth-order valence-electron chi connectivity index (χ4n) is 5.93. The molecule has 4 aliphatic rings. The summed E-state index contributed by atoms with van der Waals surface area (Å²) < 4.78 is 0. The smallest absolute Gasteiger partial charge is 0.305 e. The van der Waals surface area contributed by atoms with E-state index >= 15 is 0 Å². The summed E-state index contributed by atoms with van der Waals surface area (Å²) in [5, 5.41) is 2.07. The second-order valence-corrected chi connectivity index (χ2v) is 9.50. The first kappa shape index (κ1) is 12.3. The lowest BCUT2D eigenvalue weighted by Gasteiger charge is -2.51. The molecule has 5 rings (SSSR count). The molecule has 0 amide bonds. The molecule has 2 bridgehead atoms. The van der Waals surface area contributed by atoms with Crippen molar-refractivity contribution < 1.29 is 0 Å². The fraction of sp³-hybridized carbons (Fsp3) is 0.812. The molecule has 3 saturated carbocycles. The molecule has 2 nitrogen and oxygen atoms in total. The highest BCUT2D eigenvalue weighted by Gasteiger charge is 2.60. The standard InChI is InChI=1S/C16H21NOS2/c18-15-17-14-13(20-15)16(6-2-1-3-7-16)11-9-4-5-10(8-9)12(11)19-14/h9-12H,1-8H2,(H,17,18)/t9-,10+,11-,12+/m1/s1. The van der Waals surface area contributed by atoms with Crippen LogP contribution in [0.3, 0.4) is 0 Å². The van der Waals surface area contributed by atoms with E-state index in [2.05, 4.69) is 4.98 Å². The van der Waals surface area contributed by atoms with Crippen LogP contribution < -0.4 is 4.87 Å². The van der Waals surface area contributed by atoms with Gasteiger partial charge in [0.25, 0.3) is 0 Å². The van der Waals surface area contributed by atoms with Crippen molar-refractivity contribution >= 4 is 23.1 Å². The first-order chi connectivity index (χ1) is 9.78. The highest BCUT2D eigenvalue weighted by molar-refractivity contribution is 8.00. The monoisotopic (exact) mass is 307 g/mol. The van der Waals surface area contributed by atoms with E-state index in [9.17, 15) is 4.79 Å². The van der Waals surface area contributed by atoms with Gasteiger partial charge in [-0.15, -0.1) is 11.8 Å². The van der Waals surface area contributed by atoms with E-state index in [4.69, 9.17) is 0 Å². The van der Waals surface area contributed by atoms with E-state index in [1.165, 1.54) is 72.6 Å². The van der Waals surface area contributed by atoms with Gasteiger partial charge in [-0.3, -0.25) is 4.79 Å². The van der Waals surface area contributed by atoms with Crippen LogP contribution in [0.15, 0.2) is 9.82 Å². The van der Waals surface area contributed by atoms with Crippen LogP contribution in [0, 0.1) is 17.8 Å². The average Bonchev–Trinajstić information content (AvgIpc) is 3.14. The van der Waals surface area contributed by atoms with Crippen LogP contribution in [0.2, 0.25) is 0 Å². The van der Waals surface area contributed by atoms with Crippen molar-refractivity contribution in [3.8, 4) is 0 Å². The quantitative estimate of drug-likeness (QED) is 0.780. The second-order valence-electron chi connectivity index (χ2n) is 7.33. The summed E-state index contributed by atoms with van der Waals surface area (Å²) >= 11 is 3.57. The molecule has 0 radical (unpaired) electrons. The summed E-state index contributed by atoms with van der Waals surface area (Å²) in [5.41, 5.74) is 0.382. The molecule has 1 aromatic heterocycles. The third-order valence-electron chi connectivity index (χ3n) is 6.55. The van der Waals surface area contributed by atoms with Crippen LogP contribution >= 0.6 is 23.1 Å². The summed E-state index contributed by atoms with van der Waals surface area (Å²) in [6, 6.07) is 0. The Morgan fingerprint density at radius 1 is 1.10 bits per heavy atom. The van der Waals surface area contributed by atoms with E-state index in [1.807, 2.05) is 11.8 Å². The van der Waals surface area contributed by atoms with Gasteiger partial charge < -0.3 is 4.98 Å². The molecule has 108 valence electrons. The molecule has 0 unspecified atom stereocenters. The number of aromatic nitrogens is 1. The lowest BCUT2D eigenvalue weighted by molar-refractivity contribution is 0.135. The van der Waals surface area contributed by atoms with Crippen LogP contribution in [0.25, 0.3) is 0 Å². The highest BCUT2D eigenvalue weighted by Crippen LogP contribution is 2.67. The number of nitrogens with one attached hydrogen (secondary N) is 1. The number of fused-ring (bicyclic) bond motifs is 8. The van der Waals surface area contributed by atoms with Crippen LogP contribution in [0.1, 0.15) is 56.2 Å². The Bertz CT molecular complexity index is 598. The van der Waals surface area contributed by atoms with Crippen LogP contribution in [0.5, 0.6) is 0 Å². The zero-order valence-corrected chi connectivity index (χ0v) is 13.3. The number of rotatable bonds is 0. The number of thiazole rings is 1. The molecule has 1 spiro atoms. The maximum absolute atomic E-state index is 11.9. The van der Waals surface area contributed by atoms with Crippen molar-refractivity contribution in [1.82, 2.24) is 4.98 Å². The number of hydrogen-bond acceptors (Lipinski definition) is 3. The minimum atomic E-state index is 0.180. The predicted molar refractivity (Wildman–Crippen MR) is 83.7 cm³/mol. The normalized spacial score (nSPS) is 40.8. The lowest BCUT2D eigenvalue weighted by Crippen LogP contribution is -2.47. The molecule has 1 aliphatic heterocycles. The van der Waals surface area contributed by atoms with Crippen molar-refractivity contribution in [3.63, 3.8) is 0 Å². The van der Waals surface area contributed by atoms with Crippen molar-refractivity contribution in [3.05, 3.63) is 14.5 Å². The Hall–Kier alpha value is -0.220. The van der Waals surface area contributed by atoms with Gasteiger partial charge in [0.05, 0.1) is 5.03 Å². The molecular weight excluding hydrogens is 286 g/mol. The van der Waals surface area contributed by atoms with Gasteiger partial charge in [0.1, 0.15) is 0 Å². The number of hydrogen-bond donors (Lipinski definition) is 1. The summed E-state index contributed by atoms with van der Waals surface area (Å²) in [6.45, 7) is 0. The third kappa shape index (κ3) is 1.45. The van der Waals surface area contributed by atoms with Crippen molar-refractivity contribution in [2.75, 3.05) is 0 Å². The lowest BCUT2D eigenvalue weighted by atomic mass is 9.60. The highest BCUT2D eigenvalue weighted by atomic mass is 32.2.